The van der Waals surface area contributed by atoms with Crippen molar-refractivity contribution in [2.75, 3.05) is 13.2 Å². The Morgan fingerprint density at radius 2 is 1.26 bits per heavy atom. The molecule has 5 heterocycles. The first kappa shape index (κ1) is 32.3. The van der Waals surface area contributed by atoms with Gasteiger partial charge in [0.1, 0.15) is 11.5 Å². The lowest BCUT2D eigenvalue weighted by Crippen LogP contribution is -2.03. The quantitative estimate of drug-likeness (QED) is 0.115. The number of nitrogens with zero attached hydrogens (tertiary/aromatic N) is 2. The number of halogens is 2. The highest BCUT2D eigenvalue weighted by molar-refractivity contribution is 9.11. The minimum absolute atomic E-state index is 0.661. The van der Waals surface area contributed by atoms with Crippen molar-refractivity contribution in [3.8, 4) is 22.6 Å². The van der Waals surface area contributed by atoms with Crippen molar-refractivity contribution in [1.29, 1.82) is 0 Å². The van der Waals surface area contributed by atoms with Gasteiger partial charge in [-0.05, 0) is 111 Å². The SMILES string of the molecule is CCCCCCOc1cccc(OCCCCCC)c1-c1cc2cc3ccc([nH]3)c(Br)c3nc(cc4nc(c(Br)c1[nH]2)C=C4)C=C3. The number of hydrogen-bond acceptors (Lipinski definition) is 4. The Morgan fingerprint density at radius 1 is 0.630 bits per heavy atom. The first-order valence-corrected chi connectivity index (χ1v) is 18.0. The summed E-state index contributed by atoms with van der Waals surface area (Å²) < 4.78 is 14.8. The molecule has 0 atom stereocenters. The van der Waals surface area contributed by atoms with Crippen molar-refractivity contribution < 1.29 is 9.47 Å². The average molecular weight is 745 g/mol. The molecule has 2 aliphatic rings. The van der Waals surface area contributed by atoms with Crippen LogP contribution in [0.5, 0.6) is 11.5 Å². The third-order valence-corrected chi connectivity index (χ3v) is 9.79. The van der Waals surface area contributed by atoms with Crippen molar-refractivity contribution in [3.63, 3.8) is 0 Å². The van der Waals surface area contributed by atoms with Gasteiger partial charge in [-0.25, -0.2) is 9.97 Å². The van der Waals surface area contributed by atoms with Gasteiger partial charge in [-0.1, -0.05) is 58.4 Å². The number of hydrogen-bond donors (Lipinski definition) is 2. The van der Waals surface area contributed by atoms with E-state index in [9.17, 15) is 0 Å². The Balaban J connectivity index is 1.55. The molecule has 0 amide bonds. The van der Waals surface area contributed by atoms with Gasteiger partial charge < -0.3 is 19.4 Å². The number of H-pyrrole nitrogens is 2. The Kier molecular flexibility index (Phi) is 10.8. The van der Waals surface area contributed by atoms with Gasteiger partial charge in [0.2, 0.25) is 0 Å². The second-order valence-electron chi connectivity index (χ2n) is 11.7. The second kappa shape index (κ2) is 15.3. The van der Waals surface area contributed by atoms with E-state index in [0.29, 0.717) is 13.2 Å². The zero-order chi connectivity index (χ0) is 31.9. The molecule has 1 aromatic carbocycles. The molecule has 0 unspecified atom stereocenters. The number of rotatable bonds is 13. The normalized spacial score (nSPS) is 12.2. The van der Waals surface area contributed by atoms with Crippen molar-refractivity contribution >= 4 is 78.2 Å². The molecule has 0 spiro atoms. The molecule has 6 nitrogen and oxygen atoms in total. The smallest absolute Gasteiger partial charge is 0.130 e. The van der Waals surface area contributed by atoms with Crippen LogP contribution in [-0.4, -0.2) is 33.1 Å². The highest BCUT2D eigenvalue weighted by Gasteiger charge is 2.20. The van der Waals surface area contributed by atoms with E-state index in [1.54, 1.807) is 0 Å². The predicted octanol–water partition coefficient (Wildman–Crippen LogP) is 11.8. The molecule has 0 radical (unpaired) electrons. The molecule has 0 saturated heterocycles. The summed E-state index contributed by atoms with van der Waals surface area (Å²) in [5, 5.41) is 0. The lowest BCUT2D eigenvalue weighted by molar-refractivity contribution is 0.292. The summed E-state index contributed by atoms with van der Waals surface area (Å²) in [4.78, 5) is 17.0. The van der Waals surface area contributed by atoms with Crippen LogP contribution in [0.2, 0.25) is 0 Å². The second-order valence-corrected chi connectivity index (χ2v) is 13.3. The van der Waals surface area contributed by atoms with Crippen LogP contribution >= 0.6 is 31.9 Å². The largest absolute Gasteiger partial charge is 0.493 e. The number of aromatic nitrogens is 4. The highest BCUT2D eigenvalue weighted by atomic mass is 79.9. The van der Waals surface area contributed by atoms with Gasteiger partial charge in [0.05, 0.1) is 61.5 Å². The van der Waals surface area contributed by atoms with Gasteiger partial charge in [0.15, 0.2) is 0 Å². The molecule has 4 aromatic rings. The third-order valence-electron chi connectivity index (χ3n) is 8.15. The number of nitrogens with one attached hydrogen (secondary N) is 2. The van der Waals surface area contributed by atoms with Gasteiger partial charge in [0.25, 0.3) is 0 Å². The third kappa shape index (κ3) is 7.50. The maximum Gasteiger partial charge on any atom is 0.130 e. The van der Waals surface area contributed by atoms with E-state index in [4.69, 9.17) is 19.4 Å². The van der Waals surface area contributed by atoms with E-state index < -0.39 is 0 Å². The van der Waals surface area contributed by atoms with Crippen molar-refractivity contribution in [3.05, 3.63) is 80.3 Å². The number of ether oxygens (including phenoxy) is 2. The van der Waals surface area contributed by atoms with Crippen LogP contribution in [0.25, 0.3) is 57.5 Å². The first-order valence-electron chi connectivity index (χ1n) is 16.4. The molecule has 8 bridgehead atoms. The highest BCUT2D eigenvalue weighted by Crippen LogP contribution is 2.43. The molecule has 46 heavy (non-hydrogen) atoms. The van der Waals surface area contributed by atoms with Crippen molar-refractivity contribution in [2.24, 2.45) is 0 Å². The van der Waals surface area contributed by atoms with E-state index in [0.717, 1.165) is 102 Å². The van der Waals surface area contributed by atoms with E-state index >= 15 is 0 Å². The zero-order valence-electron chi connectivity index (χ0n) is 26.5. The minimum atomic E-state index is 0.661. The molecule has 2 N–H and O–H groups in total. The molecule has 6 rings (SSSR count). The van der Waals surface area contributed by atoms with Crippen molar-refractivity contribution in [2.45, 2.75) is 65.2 Å². The minimum Gasteiger partial charge on any atom is -0.493 e. The number of unbranched alkanes of at least 4 members (excludes halogenated alkanes) is 6. The Morgan fingerprint density at radius 3 is 1.89 bits per heavy atom. The van der Waals surface area contributed by atoms with Gasteiger partial charge in [-0.15, -0.1) is 0 Å². The summed E-state index contributed by atoms with van der Waals surface area (Å²) in [5.41, 5.74) is 9.10. The molecule has 0 fully saturated rings. The average Bonchev–Trinajstić information content (AvgIpc) is 3.88. The standard InChI is InChI=1S/C38H40Br2N4O2/c1-3-5-7-9-20-45-33-12-11-13-34(46-21-10-8-6-4-2)35(33)29-24-28-23-27-15-18-31(42-27)36(39)30-17-14-25(41-30)22-26-16-19-32(43-26)37(40)38(29)44-28/h11-19,22-24,42,44H,3-10,20-21H2,1-2H3. The topological polar surface area (TPSA) is 75.8 Å². The van der Waals surface area contributed by atoms with Crippen LogP contribution in [-0.2, 0) is 0 Å². The molecular weight excluding hydrogens is 704 g/mol. The van der Waals surface area contributed by atoms with Crippen LogP contribution < -0.4 is 9.47 Å². The zero-order valence-corrected chi connectivity index (χ0v) is 29.6. The predicted molar refractivity (Wildman–Crippen MR) is 199 cm³/mol. The lowest BCUT2D eigenvalue weighted by atomic mass is 10.0. The summed E-state index contributed by atoms with van der Waals surface area (Å²) in [7, 11) is 0. The number of aromatic amines is 2. The summed E-state index contributed by atoms with van der Waals surface area (Å²) in [6, 6.07) is 16.6. The van der Waals surface area contributed by atoms with E-state index in [1.165, 1.54) is 25.7 Å². The van der Waals surface area contributed by atoms with Gasteiger partial charge in [0, 0.05) is 16.6 Å². The van der Waals surface area contributed by atoms with Crippen LogP contribution in [0.15, 0.2) is 57.5 Å². The molecular formula is C38H40Br2N4O2. The van der Waals surface area contributed by atoms with E-state index in [1.807, 2.05) is 36.4 Å². The van der Waals surface area contributed by atoms with Crippen LogP contribution in [0.1, 0.15) is 88.0 Å². The van der Waals surface area contributed by atoms with Gasteiger partial charge >= 0.3 is 0 Å². The summed E-state index contributed by atoms with van der Waals surface area (Å²) in [6.45, 7) is 5.78. The van der Waals surface area contributed by atoms with Gasteiger partial charge in [-0.2, -0.15) is 0 Å². The van der Waals surface area contributed by atoms with Gasteiger partial charge in [-0.3, -0.25) is 0 Å². The van der Waals surface area contributed by atoms with Crippen LogP contribution in [0.4, 0.5) is 0 Å². The molecule has 0 aliphatic carbocycles. The Hall–Kier alpha value is -3.62. The summed E-state index contributed by atoms with van der Waals surface area (Å²) >= 11 is 7.71. The molecule has 0 saturated carbocycles. The fraction of sp³-hybridized carbons (Fsp3) is 0.316. The molecule has 3 aromatic heterocycles. The first-order chi connectivity index (χ1) is 22.5. The summed E-state index contributed by atoms with van der Waals surface area (Å²) in [5.74, 6) is 1.65. The number of benzene rings is 1. The van der Waals surface area contributed by atoms with E-state index in [2.05, 4.69) is 92.1 Å². The van der Waals surface area contributed by atoms with Crippen LogP contribution in [0.3, 0.4) is 0 Å². The Bertz CT molecular complexity index is 1890. The maximum atomic E-state index is 6.51. The number of fused-ring (bicyclic) bond motifs is 8. The summed E-state index contributed by atoms with van der Waals surface area (Å²) in [6.07, 6.45) is 17.2. The Labute approximate surface area is 287 Å². The monoisotopic (exact) mass is 742 g/mol. The molecule has 8 heteroatoms. The van der Waals surface area contributed by atoms with Crippen molar-refractivity contribution in [1.82, 2.24) is 19.9 Å². The van der Waals surface area contributed by atoms with Crippen LogP contribution in [0, 0.1) is 0 Å². The molecule has 2 aliphatic heterocycles. The maximum absolute atomic E-state index is 6.51. The fourth-order valence-electron chi connectivity index (χ4n) is 5.73. The van der Waals surface area contributed by atoms with E-state index in [-0.39, 0.29) is 0 Å². The lowest BCUT2D eigenvalue weighted by Gasteiger charge is -2.16. The molecule has 238 valence electrons. The fourth-order valence-corrected chi connectivity index (χ4v) is 6.72.